The molecule has 0 N–H and O–H groups in total. The van der Waals surface area contributed by atoms with Crippen molar-refractivity contribution in [2.75, 3.05) is 36.0 Å². The maximum Gasteiger partial charge on any atom is 0.225 e. The predicted molar refractivity (Wildman–Crippen MR) is 119 cm³/mol. The van der Waals surface area contributed by atoms with Crippen LogP contribution in [0.2, 0.25) is 0 Å². The molecule has 1 fully saturated rings. The van der Waals surface area contributed by atoms with Gasteiger partial charge in [0.2, 0.25) is 5.95 Å². The van der Waals surface area contributed by atoms with Crippen LogP contribution in [0.4, 0.5) is 11.8 Å². The average molecular weight is 403 g/mol. The zero-order valence-corrected chi connectivity index (χ0v) is 17.1. The van der Waals surface area contributed by atoms with Gasteiger partial charge in [-0.2, -0.15) is 0 Å². The van der Waals surface area contributed by atoms with Crippen LogP contribution in [0.3, 0.4) is 0 Å². The maximum absolute atomic E-state index is 5.01. The number of aryl methyl sites for hydroxylation is 1. The van der Waals surface area contributed by atoms with Gasteiger partial charge in [-0.25, -0.2) is 19.9 Å². The Morgan fingerprint density at radius 1 is 0.897 bits per heavy atom. The van der Waals surface area contributed by atoms with E-state index in [0.29, 0.717) is 0 Å². The molecule has 1 aliphatic heterocycles. The van der Waals surface area contributed by atoms with Crippen molar-refractivity contribution in [2.24, 2.45) is 0 Å². The molecule has 0 unspecified atom stereocenters. The quantitative estimate of drug-likeness (QED) is 0.514. The normalized spacial score (nSPS) is 14.5. The SMILES string of the molecule is CCc1cc2c(N3CCN(c4ncccn4)CC3)nc(-c3ccccc3)nc2s1. The summed E-state index contributed by atoms with van der Waals surface area (Å²) in [5.41, 5.74) is 1.05. The third-order valence-electron chi connectivity index (χ3n) is 5.22. The summed E-state index contributed by atoms with van der Waals surface area (Å²) in [7, 11) is 0. The second kappa shape index (κ2) is 7.75. The van der Waals surface area contributed by atoms with Gasteiger partial charge in [0.25, 0.3) is 0 Å². The predicted octanol–water partition coefficient (Wildman–Crippen LogP) is 4.04. The van der Waals surface area contributed by atoms with Crippen LogP contribution in [-0.2, 0) is 6.42 Å². The van der Waals surface area contributed by atoms with Crippen LogP contribution >= 0.6 is 11.3 Å². The number of thiophene rings is 1. The van der Waals surface area contributed by atoms with Gasteiger partial charge in [0.05, 0.1) is 5.39 Å². The van der Waals surface area contributed by atoms with E-state index in [1.165, 1.54) is 4.88 Å². The van der Waals surface area contributed by atoms with Crippen LogP contribution in [0.1, 0.15) is 11.8 Å². The Morgan fingerprint density at radius 2 is 1.62 bits per heavy atom. The first kappa shape index (κ1) is 18.0. The fourth-order valence-electron chi connectivity index (χ4n) is 3.66. The van der Waals surface area contributed by atoms with Crippen molar-refractivity contribution < 1.29 is 0 Å². The molecule has 3 aromatic heterocycles. The van der Waals surface area contributed by atoms with Gasteiger partial charge in [0.1, 0.15) is 10.6 Å². The lowest BCUT2D eigenvalue weighted by Gasteiger charge is -2.35. The summed E-state index contributed by atoms with van der Waals surface area (Å²) in [6, 6.07) is 14.4. The van der Waals surface area contributed by atoms with E-state index in [-0.39, 0.29) is 0 Å². The highest BCUT2D eigenvalue weighted by Gasteiger charge is 2.23. The number of piperazine rings is 1. The Balaban J connectivity index is 1.49. The zero-order chi connectivity index (χ0) is 19.6. The number of rotatable bonds is 4. The lowest BCUT2D eigenvalue weighted by molar-refractivity contribution is 0.636. The molecule has 1 saturated heterocycles. The van der Waals surface area contributed by atoms with Crippen molar-refractivity contribution in [3.8, 4) is 11.4 Å². The number of aromatic nitrogens is 4. The van der Waals surface area contributed by atoms with Gasteiger partial charge in [-0.05, 0) is 18.6 Å². The monoisotopic (exact) mass is 402 g/mol. The first-order valence-electron chi connectivity index (χ1n) is 9.94. The molecule has 1 aliphatic rings. The van der Waals surface area contributed by atoms with Crippen molar-refractivity contribution in [2.45, 2.75) is 13.3 Å². The highest BCUT2D eigenvalue weighted by Crippen LogP contribution is 2.34. The lowest BCUT2D eigenvalue weighted by Crippen LogP contribution is -2.47. The molecule has 0 radical (unpaired) electrons. The van der Waals surface area contributed by atoms with E-state index in [0.717, 1.165) is 66.0 Å². The number of benzene rings is 1. The summed E-state index contributed by atoms with van der Waals surface area (Å²) < 4.78 is 0. The number of hydrogen-bond acceptors (Lipinski definition) is 7. The van der Waals surface area contributed by atoms with Crippen LogP contribution in [0.25, 0.3) is 21.6 Å². The fourth-order valence-corrected chi connectivity index (χ4v) is 4.62. The number of nitrogens with zero attached hydrogens (tertiary/aromatic N) is 6. The minimum absolute atomic E-state index is 0.798. The molecule has 0 atom stereocenters. The van der Waals surface area contributed by atoms with Crippen molar-refractivity contribution in [1.82, 2.24) is 19.9 Å². The van der Waals surface area contributed by atoms with Crippen molar-refractivity contribution in [3.05, 3.63) is 59.7 Å². The Morgan fingerprint density at radius 3 is 2.34 bits per heavy atom. The number of anilines is 2. The third-order valence-corrected chi connectivity index (χ3v) is 6.39. The molecule has 29 heavy (non-hydrogen) atoms. The first-order chi connectivity index (χ1) is 14.3. The smallest absolute Gasteiger partial charge is 0.225 e. The largest absolute Gasteiger partial charge is 0.352 e. The van der Waals surface area contributed by atoms with Crippen LogP contribution in [-0.4, -0.2) is 46.1 Å². The molecule has 0 bridgehead atoms. The Labute approximate surface area is 173 Å². The summed E-state index contributed by atoms with van der Waals surface area (Å²) in [5, 5.41) is 1.16. The second-order valence-electron chi connectivity index (χ2n) is 7.04. The lowest BCUT2D eigenvalue weighted by atomic mass is 10.2. The molecule has 4 heterocycles. The molecule has 1 aromatic carbocycles. The highest BCUT2D eigenvalue weighted by molar-refractivity contribution is 7.18. The molecule has 0 saturated carbocycles. The van der Waals surface area contributed by atoms with Gasteiger partial charge >= 0.3 is 0 Å². The standard InChI is InChI=1S/C22H22N6S/c1-2-17-15-18-20(25-19(26-21(18)29-17)16-7-4-3-5-8-16)27-11-13-28(14-12-27)22-23-9-6-10-24-22/h3-10,15H,2,11-14H2,1H3. The second-order valence-corrected chi connectivity index (χ2v) is 8.16. The van der Waals surface area contributed by atoms with Crippen molar-refractivity contribution in [3.63, 3.8) is 0 Å². The summed E-state index contributed by atoms with van der Waals surface area (Å²) in [6.07, 6.45) is 4.61. The molecule has 5 rings (SSSR count). The number of fused-ring (bicyclic) bond motifs is 1. The number of hydrogen-bond donors (Lipinski definition) is 0. The van der Waals surface area contributed by atoms with Crippen LogP contribution in [0.5, 0.6) is 0 Å². The van der Waals surface area contributed by atoms with Crippen molar-refractivity contribution >= 4 is 33.3 Å². The Hall–Kier alpha value is -3.06. The van der Waals surface area contributed by atoms with E-state index >= 15 is 0 Å². The summed E-state index contributed by atoms with van der Waals surface area (Å²) >= 11 is 1.77. The summed E-state index contributed by atoms with van der Waals surface area (Å²) in [6.45, 7) is 5.71. The van der Waals surface area contributed by atoms with Crippen LogP contribution in [0.15, 0.2) is 54.9 Å². The van der Waals surface area contributed by atoms with Gasteiger partial charge in [-0.15, -0.1) is 11.3 Å². The minimum Gasteiger partial charge on any atom is -0.352 e. The van der Waals surface area contributed by atoms with Crippen LogP contribution < -0.4 is 9.80 Å². The summed E-state index contributed by atoms with van der Waals surface area (Å²) in [4.78, 5) is 25.7. The van der Waals surface area contributed by atoms with E-state index in [1.807, 2.05) is 24.3 Å². The Kier molecular flexibility index (Phi) is 4.81. The van der Waals surface area contributed by atoms with Gasteiger partial charge in [-0.1, -0.05) is 37.3 Å². The van der Waals surface area contributed by atoms with Crippen molar-refractivity contribution in [1.29, 1.82) is 0 Å². The first-order valence-corrected chi connectivity index (χ1v) is 10.8. The molecule has 146 valence electrons. The molecule has 0 spiro atoms. The molecule has 0 aliphatic carbocycles. The Bertz CT molecular complexity index is 1100. The van der Waals surface area contributed by atoms with E-state index in [4.69, 9.17) is 9.97 Å². The zero-order valence-electron chi connectivity index (χ0n) is 16.3. The molecule has 6 nitrogen and oxygen atoms in total. The van der Waals surface area contributed by atoms with Gasteiger partial charge < -0.3 is 9.80 Å². The van der Waals surface area contributed by atoms with E-state index in [2.05, 4.69) is 44.9 Å². The molecular weight excluding hydrogens is 380 g/mol. The minimum atomic E-state index is 0.798. The summed E-state index contributed by atoms with van der Waals surface area (Å²) in [5.74, 6) is 2.64. The van der Waals surface area contributed by atoms with E-state index in [9.17, 15) is 0 Å². The highest BCUT2D eigenvalue weighted by atomic mass is 32.1. The van der Waals surface area contributed by atoms with Gasteiger partial charge in [0.15, 0.2) is 5.82 Å². The molecule has 0 amide bonds. The topological polar surface area (TPSA) is 58.0 Å². The van der Waals surface area contributed by atoms with Crippen LogP contribution in [0, 0.1) is 0 Å². The van der Waals surface area contributed by atoms with E-state index in [1.54, 1.807) is 23.7 Å². The van der Waals surface area contributed by atoms with Gasteiger partial charge in [-0.3, -0.25) is 0 Å². The van der Waals surface area contributed by atoms with E-state index < -0.39 is 0 Å². The fraction of sp³-hybridized carbons (Fsp3) is 0.273. The average Bonchev–Trinajstić information content (AvgIpc) is 3.23. The molecule has 7 heteroatoms. The maximum atomic E-state index is 5.01. The third kappa shape index (κ3) is 3.53. The molecular formula is C22H22N6S. The molecule has 4 aromatic rings. The van der Waals surface area contributed by atoms with Gasteiger partial charge in [0, 0.05) is 49.0 Å².